The van der Waals surface area contributed by atoms with Crippen LogP contribution in [0.4, 0.5) is 13.2 Å². The molecule has 0 unspecified atom stereocenters. The maximum absolute atomic E-state index is 13.8. The van der Waals surface area contributed by atoms with E-state index in [2.05, 4.69) is 20.9 Å². The molecule has 0 aliphatic rings. The Morgan fingerprint density at radius 2 is 1.85 bits per heavy atom. The molecule has 20 heavy (non-hydrogen) atoms. The third-order valence-electron chi connectivity index (χ3n) is 2.71. The molecule has 0 atom stereocenters. The number of thiazole rings is 1. The number of aromatic hydroxyl groups is 1. The van der Waals surface area contributed by atoms with E-state index in [0.717, 1.165) is 20.5 Å². The molecule has 0 amide bonds. The summed E-state index contributed by atoms with van der Waals surface area (Å²) in [6.45, 7) is 0. The Labute approximate surface area is 123 Å². The predicted octanol–water partition coefficient (Wildman–Crippen LogP) is 4.85. The van der Waals surface area contributed by atoms with E-state index in [9.17, 15) is 18.3 Å². The van der Waals surface area contributed by atoms with Crippen LogP contribution >= 0.6 is 27.3 Å². The van der Waals surface area contributed by atoms with Crippen molar-refractivity contribution >= 4 is 37.5 Å². The topological polar surface area (TPSA) is 33.1 Å². The number of hydrogen-bond acceptors (Lipinski definition) is 3. The molecule has 0 saturated carbocycles. The molecule has 7 heteroatoms. The van der Waals surface area contributed by atoms with Gasteiger partial charge in [0.1, 0.15) is 5.01 Å². The van der Waals surface area contributed by atoms with Gasteiger partial charge < -0.3 is 5.11 Å². The highest BCUT2D eigenvalue weighted by molar-refractivity contribution is 9.10. The van der Waals surface area contributed by atoms with E-state index in [1.165, 1.54) is 0 Å². The quantitative estimate of drug-likeness (QED) is 0.630. The minimum absolute atomic E-state index is 0.171. The van der Waals surface area contributed by atoms with Gasteiger partial charge in [-0.15, -0.1) is 11.3 Å². The fraction of sp³-hybridized carbons (Fsp3) is 0. The molecule has 1 aromatic heterocycles. The minimum Gasteiger partial charge on any atom is -0.503 e. The third kappa shape index (κ3) is 2.06. The van der Waals surface area contributed by atoms with Crippen molar-refractivity contribution in [3.8, 4) is 16.3 Å². The van der Waals surface area contributed by atoms with Gasteiger partial charge in [-0.05, 0) is 24.3 Å². The Balaban J connectivity index is 2.25. The second kappa shape index (κ2) is 4.75. The van der Waals surface area contributed by atoms with Gasteiger partial charge in [0, 0.05) is 4.47 Å². The van der Waals surface area contributed by atoms with Crippen LogP contribution in [0, 0.1) is 17.5 Å². The standard InChI is InChI=1S/C13H5BrF3NOS/c14-5-1-2-9-8(3-5)18-13(20-9)6-4-7(15)11(17)12(19)10(6)16/h1-4,19H. The lowest BCUT2D eigenvalue weighted by Gasteiger charge is -2.03. The van der Waals surface area contributed by atoms with Crippen molar-refractivity contribution in [1.29, 1.82) is 0 Å². The largest absolute Gasteiger partial charge is 0.503 e. The maximum atomic E-state index is 13.8. The summed E-state index contributed by atoms with van der Waals surface area (Å²) in [4.78, 5) is 4.16. The van der Waals surface area contributed by atoms with Crippen molar-refractivity contribution < 1.29 is 18.3 Å². The van der Waals surface area contributed by atoms with Crippen molar-refractivity contribution in [2.45, 2.75) is 0 Å². The first-order valence-corrected chi connectivity index (χ1v) is 7.01. The number of aromatic nitrogens is 1. The number of rotatable bonds is 1. The lowest BCUT2D eigenvalue weighted by molar-refractivity contribution is 0.377. The molecule has 0 bridgehead atoms. The molecule has 2 nitrogen and oxygen atoms in total. The van der Waals surface area contributed by atoms with Crippen molar-refractivity contribution in [3.05, 3.63) is 46.2 Å². The Morgan fingerprint density at radius 3 is 2.60 bits per heavy atom. The normalized spacial score (nSPS) is 11.2. The van der Waals surface area contributed by atoms with Crippen LogP contribution in [-0.2, 0) is 0 Å². The number of nitrogens with zero attached hydrogens (tertiary/aromatic N) is 1. The second-order valence-corrected chi connectivity index (χ2v) is 5.96. The summed E-state index contributed by atoms with van der Waals surface area (Å²) in [5.41, 5.74) is 0.335. The number of phenols is 1. The zero-order valence-corrected chi connectivity index (χ0v) is 12.0. The molecule has 2 aromatic carbocycles. The van der Waals surface area contributed by atoms with E-state index in [1.807, 2.05) is 0 Å². The molecule has 0 radical (unpaired) electrons. The summed E-state index contributed by atoms with van der Waals surface area (Å²) < 4.78 is 41.8. The molecular formula is C13H5BrF3NOS. The van der Waals surface area contributed by atoms with Gasteiger partial charge in [-0.3, -0.25) is 0 Å². The summed E-state index contributed by atoms with van der Waals surface area (Å²) in [7, 11) is 0. The van der Waals surface area contributed by atoms with Crippen LogP contribution in [0.2, 0.25) is 0 Å². The van der Waals surface area contributed by atoms with Crippen molar-refractivity contribution in [3.63, 3.8) is 0 Å². The number of halogens is 4. The second-order valence-electron chi connectivity index (χ2n) is 4.01. The van der Waals surface area contributed by atoms with Crippen LogP contribution in [0.3, 0.4) is 0 Å². The molecular weight excluding hydrogens is 355 g/mol. The molecule has 0 aliphatic heterocycles. The SMILES string of the molecule is Oc1c(F)c(F)cc(-c2nc3cc(Br)ccc3s2)c1F. The van der Waals surface area contributed by atoms with Gasteiger partial charge in [-0.25, -0.2) is 13.8 Å². The highest BCUT2D eigenvalue weighted by Gasteiger charge is 2.21. The van der Waals surface area contributed by atoms with Gasteiger partial charge in [0.15, 0.2) is 17.4 Å². The first-order chi connectivity index (χ1) is 9.47. The zero-order chi connectivity index (χ0) is 14.4. The first-order valence-electron chi connectivity index (χ1n) is 5.40. The molecule has 0 aliphatic carbocycles. The van der Waals surface area contributed by atoms with E-state index in [4.69, 9.17) is 0 Å². The average Bonchev–Trinajstić information content (AvgIpc) is 2.83. The van der Waals surface area contributed by atoms with Gasteiger partial charge in [-0.2, -0.15) is 4.39 Å². The Hall–Kier alpha value is -1.60. The molecule has 1 heterocycles. The number of phenolic OH excluding ortho intramolecular Hbond substituents is 1. The zero-order valence-electron chi connectivity index (χ0n) is 9.62. The number of fused-ring (bicyclic) bond motifs is 1. The fourth-order valence-electron chi connectivity index (χ4n) is 1.76. The molecule has 0 spiro atoms. The van der Waals surface area contributed by atoms with Crippen molar-refractivity contribution in [2.75, 3.05) is 0 Å². The van der Waals surface area contributed by atoms with Crippen LogP contribution in [0.15, 0.2) is 28.7 Å². The smallest absolute Gasteiger partial charge is 0.203 e. The van der Waals surface area contributed by atoms with E-state index in [0.29, 0.717) is 11.6 Å². The summed E-state index contributed by atoms with van der Waals surface area (Å²) in [6.07, 6.45) is 0. The molecule has 1 N–H and O–H groups in total. The predicted molar refractivity (Wildman–Crippen MR) is 74.3 cm³/mol. The van der Waals surface area contributed by atoms with Gasteiger partial charge in [0.2, 0.25) is 5.82 Å². The Kier molecular flexibility index (Phi) is 3.18. The fourth-order valence-corrected chi connectivity index (χ4v) is 3.07. The van der Waals surface area contributed by atoms with Gasteiger partial charge in [-0.1, -0.05) is 15.9 Å². The van der Waals surface area contributed by atoms with Crippen LogP contribution in [0.1, 0.15) is 0 Å². The van der Waals surface area contributed by atoms with Crippen molar-refractivity contribution in [2.24, 2.45) is 0 Å². The van der Waals surface area contributed by atoms with E-state index in [1.54, 1.807) is 18.2 Å². The van der Waals surface area contributed by atoms with E-state index in [-0.39, 0.29) is 10.6 Å². The first kappa shape index (κ1) is 13.4. The monoisotopic (exact) mass is 359 g/mol. The number of benzene rings is 2. The van der Waals surface area contributed by atoms with Gasteiger partial charge >= 0.3 is 0 Å². The Bertz CT molecular complexity index is 834. The number of hydrogen-bond donors (Lipinski definition) is 1. The average molecular weight is 360 g/mol. The summed E-state index contributed by atoms with van der Waals surface area (Å²) >= 11 is 4.41. The lowest BCUT2D eigenvalue weighted by atomic mass is 10.2. The lowest BCUT2D eigenvalue weighted by Crippen LogP contribution is -1.93. The highest BCUT2D eigenvalue weighted by atomic mass is 79.9. The van der Waals surface area contributed by atoms with Crippen LogP contribution in [0.5, 0.6) is 5.75 Å². The molecule has 0 saturated heterocycles. The Morgan fingerprint density at radius 1 is 1.10 bits per heavy atom. The third-order valence-corrected chi connectivity index (χ3v) is 4.28. The summed E-state index contributed by atoms with van der Waals surface area (Å²) in [6, 6.07) is 5.99. The van der Waals surface area contributed by atoms with E-state index >= 15 is 0 Å². The molecule has 3 rings (SSSR count). The summed E-state index contributed by atoms with van der Waals surface area (Å²) in [5.74, 6) is -5.48. The maximum Gasteiger partial charge on any atom is 0.203 e. The van der Waals surface area contributed by atoms with Gasteiger partial charge in [0.05, 0.1) is 15.8 Å². The van der Waals surface area contributed by atoms with Crippen LogP contribution in [-0.4, -0.2) is 10.1 Å². The highest BCUT2D eigenvalue weighted by Crippen LogP contribution is 2.37. The summed E-state index contributed by atoms with van der Waals surface area (Å²) in [5, 5.41) is 9.40. The van der Waals surface area contributed by atoms with Gasteiger partial charge in [0.25, 0.3) is 0 Å². The molecule has 102 valence electrons. The minimum atomic E-state index is -1.60. The van der Waals surface area contributed by atoms with Crippen LogP contribution < -0.4 is 0 Å². The van der Waals surface area contributed by atoms with Crippen LogP contribution in [0.25, 0.3) is 20.8 Å². The van der Waals surface area contributed by atoms with E-state index < -0.39 is 23.2 Å². The molecule has 0 fully saturated rings. The van der Waals surface area contributed by atoms with Crippen molar-refractivity contribution in [1.82, 2.24) is 4.98 Å². The molecule has 3 aromatic rings.